The van der Waals surface area contributed by atoms with Crippen molar-refractivity contribution in [2.45, 2.75) is 12.5 Å². The van der Waals surface area contributed by atoms with E-state index < -0.39 is 29.2 Å². The van der Waals surface area contributed by atoms with Crippen molar-refractivity contribution in [1.29, 1.82) is 15.8 Å². The van der Waals surface area contributed by atoms with E-state index in [1.165, 1.54) is 30.2 Å². The zero-order valence-corrected chi connectivity index (χ0v) is 19.4. The lowest BCUT2D eigenvalue weighted by molar-refractivity contribution is 0.0897. The number of nitrogens with two attached hydrogens (primary N) is 1. The summed E-state index contributed by atoms with van der Waals surface area (Å²) in [5.74, 6) is -2.22. The Balaban J connectivity index is 1.78. The second kappa shape index (κ2) is 9.82. The second-order valence-corrected chi connectivity index (χ2v) is 8.51. The third-order valence-electron chi connectivity index (χ3n) is 6.67. The molecule has 2 aromatic carbocycles. The van der Waals surface area contributed by atoms with Crippen LogP contribution in [-0.2, 0) is 11.3 Å². The number of halogens is 1. The molecule has 0 spiro atoms. The van der Waals surface area contributed by atoms with Crippen molar-refractivity contribution in [3.8, 4) is 24.0 Å². The molecule has 0 bridgehead atoms. The normalized spacial score (nSPS) is 20.2. The number of hydrogen-bond donors (Lipinski definition) is 1. The van der Waals surface area contributed by atoms with Gasteiger partial charge < -0.3 is 20.1 Å². The van der Waals surface area contributed by atoms with E-state index in [4.69, 9.17) is 15.2 Å². The molecule has 1 amide bonds. The third kappa shape index (κ3) is 4.00. The highest BCUT2D eigenvalue weighted by Crippen LogP contribution is 2.54. The van der Waals surface area contributed by atoms with Crippen LogP contribution in [0.1, 0.15) is 17.0 Å². The van der Waals surface area contributed by atoms with E-state index in [9.17, 15) is 20.6 Å². The number of hydrogen-bond acceptors (Lipinski definition) is 7. The van der Waals surface area contributed by atoms with Crippen LogP contribution in [-0.4, -0.2) is 31.2 Å². The number of benzene rings is 2. The van der Waals surface area contributed by atoms with Crippen LogP contribution in [0.3, 0.4) is 0 Å². The topological polar surface area (TPSA) is 136 Å². The van der Waals surface area contributed by atoms with Crippen LogP contribution in [0.4, 0.5) is 9.18 Å². The molecule has 2 atom stereocenters. The van der Waals surface area contributed by atoms with Crippen molar-refractivity contribution in [3.05, 3.63) is 88.4 Å². The fourth-order valence-electron chi connectivity index (χ4n) is 4.87. The average Bonchev–Trinajstić information content (AvgIpc) is 2.92. The summed E-state index contributed by atoms with van der Waals surface area (Å²) in [6, 6.07) is 19.1. The predicted molar refractivity (Wildman–Crippen MR) is 126 cm³/mol. The van der Waals surface area contributed by atoms with Crippen LogP contribution in [0.15, 0.2) is 71.5 Å². The van der Waals surface area contributed by atoms with Crippen LogP contribution < -0.4 is 10.5 Å². The molecule has 180 valence electrons. The maximum absolute atomic E-state index is 15.2. The number of methoxy groups -OCH3 is 1. The highest BCUT2D eigenvalue weighted by atomic mass is 19.1. The quantitative estimate of drug-likeness (QED) is 0.696. The van der Waals surface area contributed by atoms with Crippen LogP contribution in [0, 0.1) is 51.1 Å². The van der Waals surface area contributed by atoms with Crippen molar-refractivity contribution in [2.75, 3.05) is 20.2 Å². The minimum Gasteiger partial charge on any atom is -0.497 e. The lowest BCUT2D eigenvalue weighted by Gasteiger charge is -2.45. The minimum absolute atomic E-state index is 0.0000396. The number of amides is 1. The number of carbonyl (C=O) groups is 1. The number of fused-ring (bicyclic) bond motifs is 1. The molecule has 2 aliphatic rings. The lowest BCUT2D eigenvalue weighted by atomic mass is 9.58. The summed E-state index contributed by atoms with van der Waals surface area (Å²) in [5.41, 5.74) is 5.30. The number of carbonyl (C=O) groups excluding carboxylic acids is 1. The highest BCUT2D eigenvalue weighted by molar-refractivity contribution is 5.69. The van der Waals surface area contributed by atoms with Crippen molar-refractivity contribution in [1.82, 2.24) is 4.90 Å². The summed E-state index contributed by atoms with van der Waals surface area (Å²) < 4.78 is 25.9. The number of nitrogens with zero attached hydrogens (tertiary/aromatic N) is 4. The van der Waals surface area contributed by atoms with Crippen molar-refractivity contribution in [3.63, 3.8) is 0 Å². The summed E-state index contributed by atoms with van der Waals surface area (Å²) >= 11 is 0. The molecule has 9 heteroatoms. The minimum atomic E-state index is -2.04. The Kier molecular flexibility index (Phi) is 6.63. The van der Waals surface area contributed by atoms with E-state index in [1.54, 1.807) is 6.08 Å². The fourth-order valence-corrected chi connectivity index (χ4v) is 4.87. The van der Waals surface area contributed by atoms with Gasteiger partial charge in [-0.25, -0.2) is 9.18 Å². The summed E-state index contributed by atoms with van der Waals surface area (Å²) in [7, 11) is 1.41. The van der Waals surface area contributed by atoms with E-state index in [-0.39, 0.29) is 36.5 Å². The van der Waals surface area contributed by atoms with Gasteiger partial charge in [-0.1, -0.05) is 36.4 Å². The Bertz CT molecular complexity index is 1370. The van der Waals surface area contributed by atoms with Gasteiger partial charge in [-0.2, -0.15) is 15.8 Å². The van der Waals surface area contributed by atoms with Gasteiger partial charge in [-0.05, 0) is 34.9 Å². The Hall–Kier alpha value is -4.81. The van der Waals surface area contributed by atoms with Gasteiger partial charge in [0.1, 0.15) is 24.2 Å². The zero-order chi connectivity index (χ0) is 25.9. The number of nitriles is 3. The number of ether oxygens (including phenoxy) is 2. The third-order valence-corrected chi connectivity index (χ3v) is 6.67. The Morgan fingerprint density at radius 3 is 2.56 bits per heavy atom. The van der Waals surface area contributed by atoms with Gasteiger partial charge in [-0.15, -0.1) is 0 Å². The molecule has 8 nitrogen and oxygen atoms in total. The van der Waals surface area contributed by atoms with Crippen molar-refractivity contribution in [2.24, 2.45) is 17.1 Å². The second-order valence-electron chi connectivity index (χ2n) is 8.51. The van der Waals surface area contributed by atoms with Gasteiger partial charge in [0.25, 0.3) is 0 Å². The summed E-state index contributed by atoms with van der Waals surface area (Å²) in [6.45, 7) is 0.170. The Morgan fingerprint density at radius 1 is 1.19 bits per heavy atom. The molecule has 2 aromatic rings. The lowest BCUT2D eigenvalue weighted by Crippen LogP contribution is -2.49. The van der Waals surface area contributed by atoms with Crippen molar-refractivity contribution < 1.29 is 18.7 Å². The van der Waals surface area contributed by atoms with Crippen LogP contribution in [0.5, 0.6) is 5.75 Å². The van der Waals surface area contributed by atoms with Gasteiger partial charge in [-0.3, -0.25) is 0 Å². The Morgan fingerprint density at radius 2 is 1.92 bits per heavy atom. The molecule has 0 saturated heterocycles. The molecule has 0 fully saturated rings. The molecule has 1 heterocycles. The fraction of sp³-hybridized carbons (Fsp3) is 0.259. The molecule has 1 aliphatic heterocycles. The molecular formula is C27H22FN5O3. The number of rotatable bonds is 4. The van der Waals surface area contributed by atoms with Crippen LogP contribution in [0.25, 0.3) is 0 Å². The highest BCUT2D eigenvalue weighted by Gasteiger charge is 2.55. The van der Waals surface area contributed by atoms with E-state index in [0.717, 1.165) is 5.56 Å². The molecule has 2 N–H and O–H groups in total. The molecular weight excluding hydrogens is 461 g/mol. The first-order chi connectivity index (χ1) is 17.4. The SMILES string of the molecule is COc1ccc(F)c([C@@H]2[C@H]3CN(C(=O)OCc4ccccc4)CC=C3C(C#N)=C(N)C2(C#N)C#N)c1. The molecule has 0 aromatic heterocycles. The first-order valence-electron chi connectivity index (χ1n) is 11.1. The van der Waals surface area contributed by atoms with Gasteiger partial charge in [0.15, 0.2) is 5.41 Å². The summed E-state index contributed by atoms with van der Waals surface area (Å²) in [4.78, 5) is 14.3. The maximum Gasteiger partial charge on any atom is 0.410 e. The largest absolute Gasteiger partial charge is 0.497 e. The molecule has 36 heavy (non-hydrogen) atoms. The van der Waals surface area contributed by atoms with E-state index in [0.29, 0.717) is 11.3 Å². The van der Waals surface area contributed by atoms with Gasteiger partial charge in [0, 0.05) is 24.9 Å². The van der Waals surface area contributed by atoms with E-state index >= 15 is 4.39 Å². The van der Waals surface area contributed by atoms with Gasteiger partial charge in [0.05, 0.1) is 30.5 Å². The molecule has 0 radical (unpaired) electrons. The zero-order valence-electron chi connectivity index (χ0n) is 19.4. The maximum atomic E-state index is 15.2. The molecule has 0 unspecified atom stereocenters. The number of allylic oxidation sites excluding steroid dienone is 2. The predicted octanol–water partition coefficient (Wildman–Crippen LogP) is 3.90. The Labute approximate surface area is 207 Å². The van der Waals surface area contributed by atoms with Crippen LogP contribution in [0.2, 0.25) is 0 Å². The van der Waals surface area contributed by atoms with Crippen molar-refractivity contribution >= 4 is 6.09 Å². The molecule has 0 saturated carbocycles. The molecule has 4 rings (SSSR count). The van der Waals surface area contributed by atoms with Crippen LogP contribution >= 0.6 is 0 Å². The summed E-state index contributed by atoms with van der Waals surface area (Å²) in [5, 5.41) is 30.2. The average molecular weight is 484 g/mol. The smallest absolute Gasteiger partial charge is 0.410 e. The monoisotopic (exact) mass is 483 g/mol. The summed E-state index contributed by atoms with van der Waals surface area (Å²) in [6.07, 6.45) is 1.03. The standard InChI is InChI=1S/C27H22FN5O3/c1-35-18-7-8-23(28)20(11-18)24-22-13-33(26(34)36-14-17-5-3-2-4-6-17)10-9-19(22)21(12-29)25(32)27(24,15-30)16-31/h2-9,11,22,24H,10,13-14,32H2,1H3/t22-,24+/m0/s1. The first kappa shape index (κ1) is 24.3. The van der Waals surface area contributed by atoms with E-state index in [2.05, 4.69) is 0 Å². The van der Waals surface area contributed by atoms with Gasteiger partial charge >= 0.3 is 6.09 Å². The molecule has 1 aliphatic carbocycles. The first-order valence-corrected chi connectivity index (χ1v) is 11.1. The van der Waals surface area contributed by atoms with Gasteiger partial charge in [0.2, 0.25) is 0 Å². The van der Waals surface area contributed by atoms with E-state index in [1.807, 2.05) is 48.5 Å².